The Morgan fingerprint density at radius 2 is 0.712 bits per heavy atom. The molecule has 376 valence electrons. The Bertz CT molecular complexity index is 1310. The summed E-state index contributed by atoms with van der Waals surface area (Å²) in [5.74, 6) is -0.509. The summed E-state index contributed by atoms with van der Waals surface area (Å²) in [6.07, 6.45) is 76.8. The zero-order chi connectivity index (χ0) is 47.7. The monoisotopic (exact) mass is 915 g/mol. The maximum atomic E-state index is 12.8. The molecule has 0 bridgehead atoms. The molecule has 0 aliphatic heterocycles. The number of allylic oxidation sites excluding steroid dienone is 18. The van der Waals surface area contributed by atoms with Crippen molar-refractivity contribution < 1.29 is 23.8 Å². The predicted octanol–water partition coefficient (Wildman–Crippen LogP) is 18.8. The molecule has 0 amide bonds. The number of hydrogen-bond donors (Lipinski definition) is 0. The molecule has 0 saturated heterocycles. The first-order chi connectivity index (χ1) is 32.6. The van der Waals surface area contributed by atoms with Crippen LogP contribution in [0.3, 0.4) is 0 Å². The van der Waals surface area contributed by atoms with Gasteiger partial charge in [0.05, 0.1) is 6.61 Å². The Morgan fingerprint density at radius 1 is 0.348 bits per heavy atom. The van der Waals surface area contributed by atoms with Crippen molar-refractivity contribution in [1.82, 2.24) is 0 Å². The summed E-state index contributed by atoms with van der Waals surface area (Å²) in [7, 11) is 0. The quantitative estimate of drug-likeness (QED) is 0.0346. The fourth-order valence-electron chi connectivity index (χ4n) is 7.25. The highest BCUT2D eigenvalue weighted by molar-refractivity contribution is 5.70. The molecule has 66 heavy (non-hydrogen) atoms. The Morgan fingerprint density at radius 3 is 1.18 bits per heavy atom. The predicted molar refractivity (Wildman–Crippen MR) is 288 cm³/mol. The maximum absolute atomic E-state index is 12.8. The van der Waals surface area contributed by atoms with Crippen LogP contribution in [0.2, 0.25) is 0 Å². The van der Waals surface area contributed by atoms with Gasteiger partial charge in [0.15, 0.2) is 6.10 Å². The maximum Gasteiger partial charge on any atom is 0.306 e. The first-order valence-electron chi connectivity index (χ1n) is 27.4. The van der Waals surface area contributed by atoms with Crippen LogP contribution in [0, 0.1) is 0 Å². The highest BCUT2D eigenvalue weighted by Crippen LogP contribution is 2.14. The highest BCUT2D eigenvalue weighted by atomic mass is 16.6. The number of rotatable bonds is 49. The van der Waals surface area contributed by atoms with Gasteiger partial charge in [-0.15, -0.1) is 0 Å². The van der Waals surface area contributed by atoms with E-state index < -0.39 is 6.10 Å². The lowest BCUT2D eigenvalue weighted by Crippen LogP contribution is -2.30. The topological polar surface area (TPSA) is 61.8 Å². The van der Waals surface area contributed by atoms with E-state index in [1.165, 1.54) is 109 Å². The van der Waals surface area contributed by atoms with E-state index in [1.54, 1.807) is 0 Å². The van der Waals surface area contributed by atoms with Crippen molar-refractivity contribution >= 4 is 11.9 Å². The zero-order valence-corrected chi connectivity index (χ0v) is 43.2. The molecule has 0 rings (SSSR count). The summed E-state index contributed by atoms with van der Waals surface area (Å²) in [6.45, 7) is 7.60. The Balaban J connectivity index is 4.40. The zero-order valence-electron chi connectivity index (χ0n) is 43.2. The number of ether oxygens (including phenoxy) is 3. The molecule has 0 aromatic rings. The van der Waals surface area contributed by atoms with Crippen LogP contribution in [-0.4, -0.2) is 37.9 Å². The van der Waals surface area contributed by atoms with E-state index in [1.807, 2.05) is 6.08 Å². The Hall–Kier alpha value is -3.44. The Labute approximate surface area is 408 Å². The summed E-state index contributed by atoms with van der Waals surface area (Å²) >= 11 is 0. The minimum Gasteiger partial charge on any atom is -0.462 e. The second-order valence-corrected chi connectivity index (χ2v) is 17.8. The van der Waals surface area contributed by atoms with E-state index in [0.717, 1.165) is 89.9 Å². The van der Waals surface area contributed by atoms with Gasteiger partial charge in [-0.3, -0.25) is 9.59 Å². The molecule has 0 aromatic heterocycles. The minimum absolute atomic E-state index is 0.0358. The molecule has 0 N–H and O–H groups in total. The van der Waals surface area contributed by atoms with Gasteiger partial charge in [0.1, 0.15) is 6.61 Å². The van der Waals surface area contributed by atoms with Crippen LogP contribution < -0.4 is 0 Å². The van der Waals surface area contributed by atoms with Crippen molar-refractivity contribution in [1.29, 1.82) is 0 Å². The number of carbonyl (C=O) groups excluding carboxylic acids is 2. The number of carbonyl (C=O) groups is 2. The molecule has 0 aliphatic rings. The molecular formula is C61H102O5. The van der Waals surface area contributed by atoms with E-state index in [9.17, 15) is 9.59 Å². The fourth-order valence-corrected chi connectivity index (χ4v) is 7.25. The molecule has 1 atom stereocenters. The molecule has 0 saturated carbocycles. The van der Waals surface area contributed by atoms with Crippen molar-refractivity contribution in [2.75, 3.05) is 19.8 Å². The molecular weight excluding hydrogens is 813 g/mol. The Kier molecular flexibility index (Phi) is 53.0. The smallest absolute Gasteiger partial charge is 0.306 e. The molecule has 5 nitrogen and oxygen atoms in total. The average molecular weight is 915 g/mol. The number of esters is 2. The van der Waals surface area contributed by atoms with E-state index in [2.05, 4.69) is 124 Å². The van der Waals surface area contributed by atoms with E-state index in [0.29, 0.717) is 25.9 Å². The normalized spacial score (nSPS) is 13.1. The third-order valence-electron chi connectivity index (χ3n) is 11.3. The van der Waals surface area contributed by atoms with Crippen LogP contribution in [0.15, 0.2) is 109 Å². The second-order valence-electron chi connectivity index (χ2n) is 17.8. The van der Waals surface area contributed by atoms with Gasteiger partial charge in [-0.1, -0.05) is 239 Å². The number of hydrogen-bond acceptors (Lipinski definition) is 5. The van der Waals surface area contributed by atoms with Gasteiger partial charge in [0.25, 0.3) is 0 Å². The summed E-state index contributed by atoms with van der Waals surface area (Å²) in [5.41, 5.74) is 0. The average Bonchev–Trinajstić information content (AvgIpc) is 3.32. The van der Waals surface area contributed by atoms with E-state index in [4.69, 9.17) is 14.2 Å². The van der Waals surface area contributed by atoms with Crippen LogP contribution in [0.5, 0.6) is 0 Å². The molecule has 5 heteroatoms. The summed E-state index contributed by atoms with van der Waals surface area (Å²) < 4.78 is 17.4. The molecule has 0 radical (unpaired) electrons. The lowest BCUT2D eigenvalue weighted by atomic mass is 10.1. The van der Waals surface area contributed by atoms with Gasteiger partial charge in [0.2, 0.25) is 0 Å². The van der Waals surface area contributed by atoms with Crippen LogP contribution in [0.4, 0.5) is 0 Å². The molecule has 0 heterocycles. The van der Waals surface area contributed by atoms with Gasteiger partial charge < -0.3 is 14.2 Å². The highest BCUT2D eigenvalue weighted by Gasteiger charge is 2.17. The van der Waals surface area contributed by atoms with E-state index >= 15 is 0 Å². The van der Waals surface area contributed by atoms with Crippen LogP contribution >= 0.6 is 0 Å². The van der Waals surface area contributed by atoms with Crippen molar-refractivity contribution in [3.8, 4) is 0 Å². The van der Waals surface area contributed by atoms with Crippen LogP contribution in [-0.2, 0) is 23.8 Å². The standard InChI is InChI=1S/C61H102O5/c1-4-7-10-13-16-19-22-25-27-29-31-33-35-37-39-42-45-48-51-54-60(62)65-58-59(57-64-56-53-50-47-44-41-24-21-18-15-12-9-6-3)66-61(63)55-52-49-46-43-40-38-36-34-32-30-28-26-23-20-17-14-11-8-5-2/h7,10,16-17,19-20,25-28,31-34,37,39,45,48,59H,4-6,8-9,11-15,18,21-24,29-30,35-36,38,40-44,46-47,49-58H2,1-3H3/b10-7-,19-16-,20-17-,27-25-,28-26-,33-31-,34-32-,39-37-,48-45-. The van der Waals surface area contributed by atoms with Gasteiger partial charge in [-0.2, -0.15) is 0 Å². The molecule has 0 fully saturated rings. The second kappa shape index (κ2) is 55.9. The summed E-state index contributed by atoms with van der Waals surface area (Å²) in [4.78, 5) is 25.4. The summed E-state index contributed by atoms with van der Waals surface area (Å²) in [5, 5.41) is 0. The summed E-state index contributed by atoms with van der Waals surface area (Å²) in [6, 6.07) is 0. The first kappa shape index (κ1) is 62.6. The molecule has 0 aromatic carbocycles. The number of unbranched alkanes of at least 4 members (excludes halogenated alkanes) is 20. The molecule has 1 unspecified atom stereocenters. The third kappa shape index (κ3) is 53.2. The molecule has 0 spiro atoms. The van der Waals surface area contributed by atoms with Gasteiger partial charge in [-0.25, -0.2) is 0 Å². The molecule has 0 aliphatic carbocycles. The van der Waals surface area contributed by atoms with E-state index in [-0.39, 0.29) is 25.2 Å². The van der Waals surface area contributed by atoms with Gasteiger partial charge >= 0.3 is 11.9 Å². The third-order valence-corrected chi connectivity index (χ3v) is 11.3. The SMILES string of the molecule is CC/C=C\C/C=C\C/C=C\C/C=C\C/C=C\C/C=C\CCC(=O)OCC(COCCCCCCCCCCCCCC)OC(=O)CCCCCCCC/C=C\C/C=C\C/C=C\CCCCC. The lowest BCUT2D eigenvalue weighted by molar-refractivity contribution is -0.162. The van der Waals surface area contributed by atoms with Crippen LogP contribution in [0.1, 0.15) is 239 Å². The van der Waals surface area contributed by atoms with Gasteiger partial charge in [0, 0.05) is 19.4 Å². The van der Waals surface area contributed by atoms with Gasteiger partial charge in [-0.05, 0) is 96.3 Å². The van der Waals surface area contributed by atoms with Crippen LogP contribution in [0.25, 0.3) is 0 Å². The fraction of sp³-hybridized carbons (Fsp3) is 0.672. The first-order valence-corrected chi connectivity index (χ1v) is 27.4. The minimum atomic E-state index is -0.578. The van der Waals surface area contributed by atoms with Crippen molar-refractivity contribution in [2.45, 2.75) is 245 Å². The van der Waals surface area contributed by atoms with Crippen molar-refractivity contribution in [3.63, 3.8) is 0 Å². The largest absolute Gasteiger partial charge is 0.462 e. The van der Waals surface area contributed by atoms with Crippen molar-refractivity contribution in [3.05, 3.63) is 109 Å². The lowest BCUT2D eigenvalue weighted by Gasteiger charge is -2.18. The van der Waals surface area contributed by atoms with Crippen molar-refractivity contribution in [2.24, 2.45) is 0 Å².